The van der Waals surface area contributed by atoms with Crippen LogP contribution in [0.2, 0.25) is 0 Å². The normalized spacial score (nSPS) is 18.5. The van der Waals surface area contributed by atoms with Gasteiger partial charge in [-0.25, -0.2) is 9.37 Å². The van der Waals surface area contributed by atoms with Crippen LogP contribution in [0.1, 0.15) is 38.3 Å². The van der Waals surface area contributed by atoms with Crippen molar-refractivity contribution in [2.45, 2.75) is 32.8 Å². The summed E-state index contributed by atoms with van der Waals surface area (Å²) >= 11 is 0. The molecule has 1 aromatic carbocycles. The van der Waals surface area contributed by atoms with Gasteiger partial charge in [0.2, 0.25) is 0 Å². The number of carbonyl (C=O) groups excluding carboxylic acids is 2. The van der Waals surface area contributed by atoms with Gasteiger partial charge in [0, 0.05) is 35.1 Å². The Morgan fingerprint density at radius 1 is 1.28 bits per heavy atom. The number of pyridine rings is 1. The van der Waals surface area contributed by atoms with Crippen molar-refractivity contribution >= 4 is 34.5 Å². The second-order valence-electron chi connectivity index (χ2n) is 7.97. The number of hydrogen-bond donors (Lipinski definition) is 2. The minimum absolute atomic E-state index is 0.254. The van der Waals surface area contributed by atoms with Crippen molar-refractivity contribution in [1.82, 2.24) is 4.98 Å². The lowest BCUT2D eigenvalue weighted by molar-refractivity contribution is -0.142. The Balaban J connectivity index is 1.57. The molecule has 32 heavy (non-hydrogen) atoms. The Bertz CT molecular complexity index is 1140. The topological polar surface area (TPSA) is 89.5 Å². The zero-order chi connectivity index (χ0) is 22.9. The van der Waals surface area contributed by atoms with E-state index < -0.39 is 11.4 Å². The van der Waals surface area contributed by atoms with Crippen LogP contribution in [-0.2, 0) is 19.1 Å². The number of allylic oxidation sites excluding steroid dienone is 1. The number of nitrogens with one attached hydrogen (secondary N) is 2. The maximum Gasteiger partial charge on any atom is 0.307 e. The zero-order valence-corrected chi connectivity index (χ0v) is 18.1. The smallest absolute Gasteiger partial charge is 0.307 e. The van der Waals surface area contributed by atoms with Crippen LogP contribution >= 0.6 is 0 Å². The highest BCUT2D eigenvalue weighted by molar-refractivity contribution is 6.32. The molecule has 0 saturated heterocycles. The summed E-state index contributed by atoms with van der Waals surface area (Å²) in [5.41, 5.74) is 2.33. The van der Waals surface area contributed by atoms with E-state index in [0.29, 0.717) is 41.6 Å². The number of rotatable bonds is 6. The average molecular weight is 437 g/mol. The molecule has 1 aromatic heterocycles. The van der Waals surface area contributed by atoms with Gasteiger partial charge in [-0.2, -0.15) is 0 Å². The van der Waals surface area contributed by atoms with E-state index in [1.54, 1.807) is 25.3 Å². The van der Waals surface area contributed by atoms with Crippen molar-refractivity contribution in [1.29, 1.82) is 0 Å². The molecule has 4 rings (SSSR count). The fourth-order valence-corrected chi connectivity index (χ4v) is 3.79. The number of nitrogens with zero attached hydrogens (tertiary/aromatic N) is 1. The van der Waals surface area contributed by atoms with Crippen molar-refractivity contribution in [3.8, 4) is 0 Å². The largest absolute Gasteiger partial charge is 0.482 e. The monoisotopic (exact) mass is 437 g/mol. The van der Waals surface area contributed by atoms with Crippen LogP contribution in [-0.4, -0.2) is 35.6 Å². The van der Waals surface area contributed by atoms with E-state index in [0.717, 1.165) is 11.1 Å². The Hall–Kier alpha value is -3.68. The van der Waals surface area contributed by atoms with Crippen LogP contribution < -0.4 is 10.6 Å². The molecular weight excluding hydrogens is 413 g/mol. The van der Waals surface area contributed by atoms with Crippen LogP contribution in [0.5, 0.6) is 0 Å². The summed E-state index contributed by atoms with van der Waals surface area (Å²) in [4.78, 5) is 28.4. The van der Waals surface area contributed by atoms with Gasteiger partial charge in [0.1, 0.15) is 23.0 Å². The molecule has 2 aliphatic heterocycles. The van der Waals surface area contributed by atoms with E-state index in [4.69, 9.17) is 9.47 Å². The molecule has 1 amide bonds. The van der Waals surface area contributed by atoms with E-state index >= 15 is 0 Å². The highest BCUT2D eigenvalue weighted by atomic mass is 19.1. The number of ether oxygens (including phenoxy) is 2. The quantitative estimate of drug-likeness (QED) is 0.522. The van der Waals surface area contributed by atoms with Crippen molar-refractivity contribution in [2.75, 3.05) is 23.8 Å². The molecule has 166 valence electrons. The zero-order valence-electron chi connectivity index (χ0n) is 18.1. The third-order valence-electron chi connectivity index (χ3n) is 5.28. The maximum absolute atomic E-state index is 13.8. The first-order valence-corrected chi connectivity index (χ1v) is 10.4. The molecule has 0 bridgehead atoms. The molecule has 2 N–H and O–H groups in total. The predicted molar refractivity (Wildman–Crippen MR) is 119 cm³/mol. The van der Waals surface area contributed by atoms with E-state index in [2.05, 4.69) is 15.6 Å². The van der Waals surface area contributed by atoms with Gasteiger partial charge in [-0.3, -0.25) is 9.59 Å². The first kappa shape index (κ1) is 21.5. The summed E-state index contributed by atoms with van der Waals surface area (Å²) < 4.78 is 24.8. The Morgan fingerprint density at radius 2 is 2.09 bits per heavy atom. The third-order valence-corrected chi connectivity index (χ3v) is 5.28. The predicted octanol–water partition coefficient (Wildman–Crippen LogP) is 4.14. The minimum Gasteiger partial charge on any atom is -0.482 e. The summed E-state index contributed by atoms with van der Waals surface area (Å²) in [6.45, 7) is 6.35. The van der Waals surface area contributed by atoms with E-state index in [-0.39, 0.29) is 18.3 Å². The summed E-state index contributed by atoms with van der Waals surface area (Å²) in [5, 5.41) is 5.84. The number of halogens is 1. The molecule has 7 nitrogen and oxygen atoms in total. The lowest BCUT2D eigenvalue weighted by Crippen LogP contribution is -2.21. The third kappa shape index (κ3) is 4.21. The maximum atomic E-state index is 13.8. The molecule has 0 unspecified atom stereocenters. The summed E-state index contributed by atoms with van der Waals surface area (Å²) in [6, 6.07) is 7.89. The molecule has 2 aliphatic rings. The Morgan fingerprint density at radius 3 is 2.81 bits per heavy atom. The number of aromatic nitrogens is 1. The molecule has 8 heteroatoms. The fraction of sp³-hybridized carbons (Fsp3) is 0.292. The molecular formula is C24H24FN3O4. The number of hydrogen-bond acceptors (Lipinski definition) is 6. The molecule has 0 radical (unpaired) electrons. The molecule has 2 aromatic rings. The second kappa shape index (κ2) is 8.45. The van der Waals surface area contributed by atoms with Crippen molar-refractivity contribution in [2.24, 2.45) is 0 Å². The number of esters is 1. The number of anilines is 2. The summed E-state index contributed by atoms with van der Waals surface area (Å²) in [6.07, 6.45) is 3.77. The highest BCUT2D eigenvalue weighted by Gasteiger charge is 2.38. The molecule has 3 heterocycles. The fourth-order valence-electron chi connectivity index (χ4n) is 3.79. The van der Waals surface area contributed by atoms with Crippen molar-refractivity contribution < 1.29 is 23.5 Å². The van der Waals surface area contributed by atoms with E-state index in [9.17, 15) is 14.0 Å². The number of fused-ring (bicyclic) bond motifs is 1. The van der Waals surface area contributed by atoms with Crippen LogP contribution in [0.25, 0.3) is 11.1 Å². The summed E-state index contributed by atoms with van der Waals surface area (Å²) in [5.74, 6) is 0.0184. The SMILES string of the molecule is CCOC(=O)CCNc1ccc(C2=CC(=C3C(=O)Nc4ccc(F)cc43)OC2(C)C)cn1. The van der Waals surface area contributed by atoms with Gasteiger partial charge < -0.3 is 20.1 Å². The lowest BCUT2D eigenvalue weighted by Gasteiger charge is -2.23. The van der Waals surface area contributed by atoms with Gasteiger partial charge >= 0.3 is 5.97 Å². The van der Waals surface area contributed by atoms with Gasteiger partial charge in [-0.05, 0) is 57.2 Å². The van der Waals surface area contributed by atoms with Crippen LogP contribution in [0.4, 0.5) is 15.9 Å². The van der Waals surface area contributed by atoms with Gasteiger partial charge in [-0.1, -0.05) is 0 Å². The molecule has 0 aliphatic carbocycles. The standard InChI is InChI=1S/C24H24FN3O4/c1-4-31-21(29)9-10-26-20-8-5-14(13-27-20)17-12-19(32-24(17,2)3)22-16-11-15(25)6-7-18(16)28-23(22)30/h5-8,11-13H,4,9-10H2,1-3H3,(H,26,27)(H,28,30). The number of carbonyl (C=O) groups is 2. The van der Waals surface area contributed by atoms with E-state index in [1.807, 2.05) is 26.0 Å². The Kier molecular flexibility index (Phi) is 5.69. The molecule has 0 spiro atoms. The van der Waals surface area contributed by atoms with Crippen molar-refractivity contribution in [3.63, 3.8) is 0 Å². The number of benzene rings is 1. The molecule has 0 saturated carbocycles. The van der Waals surface area contributed by atoms with E-state index in [1.165, 1.54) is 12.1 Å². The lowest BCUT2D eigenvalue weighted by atomic mass is 9.93. The second-order valence-corrected chi connectivity index (χ2v) is 7.97. The summed E-state index contributed by atoms with van der Waals surface area (Å²) in [7, 11) is 0. The van der Waals surface area contributed by atoms with Gasteiger partial charge in [-0.15, -0.1) is 0 Å². The van der Waals surface area contributed by atoms with Gasteiger partial charge in [0.05, 0.1) is 18.6 Å². The van der Waals surface area contributed by atoms with Crippen LogP contribution in [0.3, 0.4) is 0 Å². The van der Waals surface area contributed by atoms with Gasteiger partial charge in [0.15, 0.2) is 0 Å². The highest BCUT2D eigenvalue weighted by Crippen LogP contribution is 2.44. The molecule has 0 fully saturated rings. The minimum atomic E-state index is -0.709. The first-order valence-electron chi connectivity index (χ1n) is 10.4. The average Bonchev–Trinajstić information content (AvgIpc) is 3.23. The van der Waals surface area contributed by atoms with Crippen LogP contribution in [0, 0.1) is 5.82 Å². The van der Waals surface area contributed by atoms with Crippen LogP contribution in [0.15, 0.2) is 48.4 Å². The first-order chi connectivity index (χ1) is 15.3. The molecule has 0 atom stereocenters. The van der Waals surface area contributed by atoms with Gasteiger partial charge in [0.25, 0.3) is 5.91 Å². The van der Waals surface area contributed by atoms with Crippen molar-refractivity contribution in [3.05, 3.63) is 65.3 Å². The number of amides is 1. The Labute approximate surface area is 185 Å².